The Labute approximate surface area is 139 Å². The van der Waals surface area contributed by atoms with Crippen molar-refractivity contribution in [2.24, 2.45) is 5.73 Å². The van der Waals surface area contributed by atoms with E-state index in [9.17, 15) is 0 Å². The van der Waals surface area contributed by atoms with Crippen LogP contribution in [-0.2, 0) is 0 Å². The van der Waals surface area contributed by atoms with Gasteiger partial charge in [-0.2, -0.15) is 0 Å². The van der Waals surface area contributed by atoms with Crippen LogP contribution in [0.25, 0.3) is 0 Å². The molecule has 1 aromatic rings. The van der Waals surface area contributed by atoms with Crippen LogP contribution in [0.1, 0.15) is 65.0 Å². The maximum absolute atomic E-state index is 6.49. The van der Waals surface area contributed by atoms with Crippen LogP contribution >= 0.6 is 15.9 Å². The van der Waals surface area contributed by atoms with Crippen LogP contribution in [0.15, 0.2) is 28.7 Å². The molecule has 0 amide bonds. The molecule has 2 nitrogen and oxygen atoms in total. The quantitative estimate of drug-likeness (QED) is 0.623. The fourth-order valence-electron chi connectivity index (χ4n) is 2.86. The highest BCUT2D eigenvalue weighted by molar-refractivity contribution is 9.10. The average molecular weight is 355 g/mol. The van der Waals surface area contributed by atoms with Crippen molar-refractivity contribution in [1.29, 1.82) is 0 Å². The molecule has 3 heteroatoms. The number of rotatable bonds is 9. The number of benzene rings is 1. The molecule has 0 radical (unpaired) electrons. The Hall–Kier alpha value is -0.380. The van der Waals surface area contributed by atoms with Crippen molar-refractivity contribution in [3.05, 3.63) is 34.3 Å². The second-order valence-corrected chi connectivity index (χ2v) is 7.03. The first-order valence-electron chi connectivity index (χ1n) is 8.28. The molecule has 0 bridgehead atoms. The molecule has 1 aromatic carbocycles. The summed E-state index contributed by atoms with van der Waals surface area (Å²) in [6.07, 6.45) is 4.78. The predicted octanol–water partition coefficient (Wildman–Crippen LogP) is 5.13. The largest absolute Gasteiger partial charge is 0.326 e. The molecular formula is C18H31BrN2. The van der Waals surface area contributed by atoms with Gasteiger partial charge in [0.2, 0.25) is 0 Å². The molecule has 0 aromatic heterocycles. The minimum atomic E-state index is 0.170. The summed E-state index contributed by atoms with van der Waals surface area (Å²) in [6, 6.07) is 9.58. The molecule has 0 aliphatic rings. The molecule has 0 heterocycles. The van der Waals surface area contributed by atoms with E-state index in [-0.39, 0.29) is 6.04 Å². The molecular weight excluding hydrogens is 324 g/mol. The number of halogens is 1. The normalized spacial score (nSPS) is 14.7. The Morgan fingerprint density at radius 1 is 1.19 bits per heavy atom. The molecule has 2 atom stereocenters. The zero-order valence-corrected chi connectivity index (χ0v) is 15.6. The van der Waals surface area contributed by atoms with Gasteiger partial charge in [-0.1, -0.05) is 54.8 Å². The van der Waals surface area contributed by atoms with E-state index in [2.05, 4.69) is 72.8 Å². The van der Waals surface area contributed by atoms with Gasteiger partial charge in [-0.05, 0) is 50.9 Å². The Bertz CT molecular complexity index is 406. The second kappa shape index (κ2) is 9.60. The lowest BCUT2D eigenvalue weighted by Crippen LogP contribution is -2.44. The van der Waals surface area contributed by atoms with Crippen molar-refractivity contribution in [2.45, 2.75) is 71.5 Å². The lowest BCUT2D eigenvalue weighted by molar-refractivity contribution is 0.127. The fourth-order valence-corrected chi connectivity index (χ4v) is 3.28. The highest BCUT2D eigenvalue weighted by Crippen LogP contribution is 2.29. The summed E-state index contributed by atoms with van der Waals surface area (Å²) >= 11 is 3.59. The topological polar surface area (TPSA) is 29.3 Å². The number of nitrogens with two attached hydrogens (primary N) is 1. The molecule has 2 unspecified atom stereocenters. The Morgan fingerprint density at radius 2 is 1.90 bits per heavy atom. The fraction of sp³-hybridized carbons (Fsp3) is 0.667. The first-order valence-corrected chi connectivity index (χ1v) is 9.07. The molecule has 0 saturated carbocycles. The third-order valence-electron chi connectivity index (χ3n) is 4.11. The number of unbranched alkanes of at least 4 members (excludes halogenated alkanes) is 2. The Kier molecular flexibility index (Phi) is 8.53. The molecule has 21 heavy (non-hydrogen) atoms. The molecule has 0 aliphatic carbocycles. The smallest absolute Gasteiger partial charge is 0.0502 e. The summed E-state index contributed by atoms with van der Waals surface area (Å²) in [6.45, 7) is 10.1. The third kappa shape index (κ3) is 5.72. The van der Waals surface area contributed by atoms with Crippen LogP contribution in [0.4, 0.5) is 0 Å². The lowest BCUT2D eigenvalue weighted by Gasteiger charge is -2.38. The first kappa shape index (κ1) is 18.7. The van der Waals surface area contributed by atoms with Crippen LogP contribution < -0.4 is 5.73 Å². The van der Waals surface area contributed by atoms with Crippen LogP contribution in [0.2, 0.25) is 0 Å². The van der Waals surface area contributed by atoms with E-state index in [1.807, 2.05) is 0 Å². The monoisotopic (exact) mass is 354 g/mol. The Morgan fingerprint density at radius 3 is 2.43 bits per heavy atom. The lowest BCUT2D eigenvalue weighted by atomic mass is 9.94. The predicted molar refractivity (Wildman–Crippen MR) is 96.5 cm³/mol. The van der Waals surface area contributed by atoms with Crippen molar-refractivity contribution < 1.29 is 0 Å². The zero-order valence-electron chi connectivity index (χ0n) is 14.0. The van der Waals surface area contributed by atoms with E-state index in [0.717, 1.165) is 17.4 Å². The highest BCUT2D eigenvalue weighted by atomic mass is 79.9. The SMILES string of the molecule is CCCCCN(C(C)C)C(c1cccc(Br)c1)C(N)CC. The number of hydrogen-bond acceptors (Lipinski definition) is 2. The van der Waals surface area contributed by atoms with E-state index in [1.165, 1.54) is 24.8 Å². The van der Waals surface area contributed by atoms with Crippen molar-refractivity contribution in [3.8, 4) is 0 Å². The van der Waals surface area contributed by atoms with E-state index in [1.54, 1.807) is 0 Å². The minimum absolute atomic E-state index is 0.170. The summed E-state index contributed by atoms with van der Waals surface area (Å²) in [5, 5.41) is 0. The van der Waals surface area contributed by atoms with Crippen LogP contribution in [0.3, 0.4) is 0 Å². The van der Waals surface area contributed by atoms with Gasteiger partial charge in [-0.3, -0.25) is 4.90 Å². The summed E-state index contributed by atoms with van der Waals surface area (Å²) < 4.78 is 1.13. The standard InChI is InChI=1S/C18H31BrN2/c1-5-7-8-12-21(14(3)4)18(17(20)6-2)15-10-9-11-16(19)13-15/h9-11,13-14,17-18H,5-8,12,20H2,1-4H3. The molecule has 0 aliphatic heterocycles. The molecule has 0 fully saturated rings. The first-order chi connectivity index (χ1) is 10.0. The second-order valence-electron chi connectivity index (χ2n) is 6.11. The maximum atomic E-state index is 6.49. The van der Waals surface area contributed by atoms with E-state index in [0.29, 0.717) is 12.1 Å². The average Bonchev–Trinajstić information content (AvgIpc) is 2.45. The number of hydrogen-bond donors (Lipinski definition) is 1. The van der Waals surface area contributed by atoms with Crippen LogP contribution in [0, 0.1) is 0 Å². The van der Waals surface area contributed by atoms with Crippen LogP contribution in [-0.4, -0.2) is 23.5 Å². The van der Waals surface area contributed by atoms with Gasteiger partial charge in [0.1, 0.15) is 0 Å². The summed E-state index contributed by atoms with van der Waals surface area (Å²) in [4.78, 5) is 2.58. The molecule has 0 spiro atoms. The van der Waals surface area contributed by atoms with Gasteiger partial charge in [0, 0.05) is 16.6 Å². The summed E-state index contributed by atoms with van der Waals surface area (Å²) in [5.74, 6) is 0. The van der Waals surface area contributed by atoms with Crippen molar-refractivity contribution in [3.63, 3.8) is 0 Å². The van der Waals surface area contributed by atoms with Gasteiger partial charge in [0.05, 0.1) is 6.04 Å². The van der Waals surface area contributed by atoms with Gasteiger partial charge >= 0.3 is 0 Å². The van der Waals surface area contributed by atoms with Crippen molar-refractivity contribution in [2.75, 3.05) is 6.54 Å². The maximum Gasteiger partial charge on any atom is 0.0502 e. The van der Waals surface area contributed by atoms with E-state index in [4.69, 9.17) is 5.73 Å². The highest BCUT2D eigenvalue weighted by Gasteiger charge is 2.27. The van der Waals surface area contributed by atoms with E-state index >= 15 is 0 Å². The van der Waals surface area contributed by atoms with Crippen LogP contribution in [0.5, 0.6) is 0 Å². The van der Waals surface area contributed by atoms with Crippen molar-refractivity contribution >= 4 is 15.9 Å². The summed E-state index contributed by atoms with van der Waals surface area (Å²) in [5.41, 5.74) is 7.81. The molecule has 0 saturated heterocycles. The van der Waals surface area contributed by atoms with E-state index < -0.39 is 0 Å². The number of nitrogens with zero attached hydrogens (tertiary/aromatic N) is 1. The van der Waals surface area contributed by atoms with Gasteiger partial charge in [0.25, 0.3) is 0 Å². The van der Waals surface area contributed by atoms with Gasteiger partial charge in [-0.25, -0.2) is 0 Å². The Balaban J connectivity index is 3.02. The van der Waals surface area contributed by atoms with Gasteiger partial charge in [-0.15, -0.1) is 0 Å². The van der Waals surface area contributed by atoms with Gasteiger partial charge < -0.3 is 5.73 Å². The molecule has 2 N–H and O–H groups in total. The van der Waals surface area contributed by atoms with Crippen molar-refractivity contribution in [1.82, 2.24) is 4.90 Å². The third-order valence-corrected chi connectivity index (χ3v) is 4.60. The molecule has 1 rings (SSSR count). The zero-order chi connectivity index (χ0) is 15.8. The van der Waals surface area contributed by atoms with Gasteiger partial charge in [0.15, 0.2) is 0 Å². The summed E-state index contributed by atoms with van der Waals surface area (Å²) in [7, 11) is 0. The minimum Gasteiger partial charge on any atom is -0.326 e. The molecule has 120 valence electrons.